The molecule has 0 unspecified atom stereocenters. The van der Waals surface area contributed by atoms with E-state index in [1.807, 2.05) is 4.93 Å². The molecule has 0 aromatic heterocycles. The van der Waals surface area contributed by atoms with Gasteiger partial charge in [0.15, 0.2) is 0 Å². The maximum absolute atomic E-state index is 13.5. The molecular formula is C39H62INO4. The van der Waals surface area contributed by atoms with Gasteiger partial charge in [0.05, 0.1) is 32.3 Å². The van der Waals surface area contributed by atoms with Crippen molar-refractivity contribution in [3.63, 3.8) is 0 Å². The van der Waals surface area contributed by atoms with Crippen LogP contribution in [0.5, 0.6) is 0 Å². The largest absolute Gasteiger partial charge is 0.469 e. The molecule has 6 fully saturated rings. The maximum Gasteiger partial charge on any atom is 0.312 e. The lowest BCUT2D eigenvalue weighted by Gasteiger charge is -2.73. The monoisotopic (exact) mass is 735 g/mol. The number of carbonyl (C=O) groups excluding carboxylic acids is 1. The van der Waals surface area contributed by atoms with Gasteiger partial charge in [0, 0.05) is 18.5 Å². The predicted octanol–water partition coefficient (Wildman–Crippen LogP) is 7.93. The Balaban J connectivity index is 0.00000196. The van der Waals surface area contributed by atoms with Crippen LogP contribution in [0, 0.1) is 68.5 Å². The molecule has 0 amide bonds. The topological polar surface area (TPSA) is 59.0 Å². The molecule has 0 bridgehead atoms. The number of rotatable bonds is 3. The van der Waals surface area contributed by atoms with Crippen LogP contribution in [-0.2, 0) is 14.3 Å². The number of methoxy groups -OCH3 is 1. The fourth-order valence-electron chi connectivity index (χ4n) is 12.9. The first-order chi connectivity index (χ1) is 21.2. The molecule has 6 heteroatoms. The summed E-state index contributed by atoms with van der Waals surface area (Å²) in [5, 5.41) is 12.2. The number of morpholine rings is 1. The Kier molecular flexibility index (Phi) is 10.1. The van der Waals surface area contributed by atoms with Crippen molar-refractivity contribution in [3.05, 3.63) is 12.2 Å². The van der Waals surface area contributed by atoms with Gasteiger partial charge in [-0.25, -0.2) is 0 Å². The highest BCUT2D eigenvalue weighted by Gasteiger charge is 2.73. The van der Waals surface area contributed by atoms with Gasteiger partial charge >= 0.3 is 5.97 Å². The van der Waals surface area contributed by atoms with E-state index < -0.39 is 5.60 Å². The molecule has 6 rings (SSSR count). The van der Waals surface area contributed by atoms with Gasteiger partial charge in [-0.2, -0.15) is 0 Å². The standard InChI is InChI=1S/C38H59NO4.CH3I/c1-26(2)27-12-16-37(32(40)42-8)19-18-35(6)28(31(27)37)10-11-30-34(5)17-20-38(41,14-9-21-39-22-24-43-25-23-39)33(3,4)29(34)13-15-36(30,35)7;1-2/h27-31,41H,1,10-13,15-25H2,2-8H3;1H3/t27-,28+,29-,30+,31+,34-,35+,36+,37-,38-;/m0./s1. The fourth-order valence-corrected chi connectivity index (χ4v) is 12.9. The van der Waals surface area contributed by atoms with E-state index in [0.717, 1.165) is 71.2 Å². The van der Waals surface area contributed by atoms with Crippen LogP contribution in [0.3, 0.4) is 0 Å². The summed E-state index contributed by atoms with van der Waals surface area (Å²) in [5.41, 5.74) is 0.242. The number of aliphatic hydroxyl groups is 1. The third-order valence-electron chi connectivity index (χ3n) is 15.6. The van der Waals surface area contributed by atoms with Crippen molar-refractivity contribution in [2.24, 2.45) is 56.7 Å². The third kappa shape index (κ3) is 5.21. The predicted molar refractivity (Wildman–Crippen MR) is 191 cm³/mol. The van der Waals surface area contributed by atoms with E-state index in [2.05, 4.69) is 87.5 Å². The number of alkyl halides is 1. The zero-order valence-electron chi connectivity index (χ0n) is 29.7. The van der Waals surface area contributed by atoms with Crippen molar-refractivity contribution in [1.82, 2.24) is 4.90 Å². The number of carbonyl (C=O) groups is 1. The van der Waals surface area contributed by atoms with Gasteiger partial charge in [-0.15, -0.1) is 0 Å². The minimum Gasteiger partial charge on any atom is -0.469 e. The molecule has 0 radical (unpaired) electrons. The Morgan fingerprint density at radius 2 is 1.62 bits per heavy atom. The van der Waals surface area contributed by atoms with E-state index in [0.29, 0.717) is 36.1 Å². The van der Waals surface area contributed by atoms with Crippen LogP contribution in [0.1, 0.15) is 106 Å². The van der Waals surface area contributed by atoms with Crippen LogP contribution in [0.15, 0.2) is 12.2 Å². The van der Waals surface area contributed by atoms with Crippen LogP contribution in [0.2, 0.25) is 0 Å². The molecule has 1 aliphatic heterocycles. The molecule has 0 spiro atoms. The number of esters is 1. The fraction of sp³-hybridized carbons (Fsp3) is 0.872. The number of halogens is 1. The van der Waals surface area contributed by atoms with E-state index in [1.54, 1.807) is 7.11 Å². The molecule has 1 N–H and O–H groups in total. The Bertz CT molecular complexity index is 1200. The summed E-state index contributed by atoms with van der Waals surface area (Å²) < 4.78 is 11.1. The molecule has 0 aromatic rings. The molecule has 6 aliphatic rings. The van der Waals surface area contributed by atoms with Gasteiger partial charge in [0.25, 0.3) is 0 Å². The smallest absolute Gasteiger partial charge is 0.312 e. The molecule has 45 heavy (non-hydrogen) atoms. The lowest BCUT2D eigenvalue weighted by Crippen LogP contribution is -2.68. The minimum atomic E-state index is -0.957. The molecule has 1 heterocycles. The van der Waals surface area contributed by atoms with Gasteiger partial charge in [0.2, 0.25) is 0 Å². The highest BCUT2D eigenvalue weighted by atomic mass is 127. The van der Waals surface area contributed by atoms with Gasteiger partial charge in [-0.05, 0) is 122 Å². The summed E-state index contributed by atoms with van der Waals surface area (Å²) in [6.45, 7) is 23.2. The highest BCUT2D eigenvalue weighted by Crippen LogP contribution is 2.78. The van der Waals surface area contributed by atoms with Crippen LogP contribution in [0.4, 0.5) is 0 Å². The summed E-state index contributed by atoms with van der Waals surface area (Å²) in [4.78, 5) is 17.8. The van der Waals surface area contributed by atoms with Crippen LogP contribution in [-0.4, -0.2) is 66.5 Å². The van der Waals surface area contributed by atoms with Gasteiger partial charge in [0.1, 0.15) is 5.60 Å². The van der Waals surface area contributed by atoms with Crippen molar-refractivity contribution >= 4 is 28.6 Å². The number of ether oxygens (including phenoxy) is 2. The van der Waals surface area contributed by atoms with E-state index in [1.165, 1.54) is 24.8 Å². The van der Waals surface area contributed by atoms with Gasteiger partial charge < -0.3 is 14.6 Å². The number of nitrogens with zero attached hydrogens (tertiary/aromatic N) is 1. The van der Waals surface area contributed by atoms with Gasteiger partial charge in [-0.1, -0.05) is 81.2 Å². The Morgan fingerprint density at radius 1 is 0.933 bits per heavy atom. The normalized spacial score (nSPS) is 46.8. The van der Waals surface area contributed by atoms with Crippen LogP contribution < -0.4 is 0 Å². The second-order valence-electron chi connectivity index (χ2n) is 17.1. The number of hydrogen-bond donors (Lipinski definition) is 1. The van der Waals surface area contributed by atoms with Crippen molar-refractivity contribution < 1.29 is 19.4 Å². The van der Waals surface area contributed by atoms with E-state index in [9.17, 15) is 9.90 Å². The lowest BCUT2D eigenvalue weighted by atomic mass is 9.31. The summed E-state index contributed by atoms with van der Waals surface area (Å²) in [7, 11) is 1.59. The molecule has 254 valence electrons. The SMILES string of the molecule is C=C(C)[C@@H]1CC[C@]2(C(=O)OC)CC[C@]3(C)[C@H](CC[C@@H]4[C@@]5(C)CC[C@@](O)(C#CCN6CCOCC6)C(C)(C)[C@@H]5CC[C@]43C)[C@@H]12.CI. The Hall–Kier alpha value is -0.620. The summed E-state index contributed by atoms with van der Waals surface area (Å²) in [6.07, 6.45) is 10.6. The highest BCUT2D eigenvalue weighted by molar-refractivity contribution is 14.1. The second-order valence-corrected chi connectivity index (χ2v) is 17.1. The average molecular weight is 736 g/mol. The lowest BCUT2D eigenvalue weighted by molar-refractivity contribution is -0.256. The van der Waals surface area contributed by atoms with Crippen molar-refractivity contribution in [1.29, 1.82) is 0 Å². The van der Waals surface area contributed by atoms with Crippen molar-refractivity contribution in [2.45, 2.75) is 111 Å². The van der Waals surface area contributed by atoms with Crippen molar-refractivity contribution in [2.75, 3.05) is 44.9 Å². The first kappa shape index (κ1) is 35.7. The van der Waals surface area contributed by atoms with E-state index in [4.69, 9.17) is 9.47 Å². The quantitative estimate of drug-likeness (QED) is 0.105. The third-order valence-corrected chi connectivity index (χ3v) is 15.6. The molecule has 5 saturated carbocycles. The van der Waals surface area contributed by atoms with Crippen LogP contribution >= 0.6 is 22.6 Å². The molecule has 1 saturated heterocycles. The molecule has 0 aromatic carbocycles. The van der Waals surface area contributed by atoms with Crippen LogP contribution in [0.25, 0.3) is 0 Å². The minimum absolute atomic E-state index is 0.0364. The molecular weight excluding hydrogens is 673 g/mol. The van der Waals surface area contributed by atoms with Gasteiger partial charge in [-0.3, -0.25) is 9.69 Å². The number of hydrogen-bond acceptors (Lipinski definition) is 5. The summed E-state index contributed by atoms with van der Waals surface area (Å²) in [5.74, 6) is 9.22. The molecule has 5 aliphatic carbocycles. The second kappa shape index (κ2) is 12.7. The average Bonchev–Trinajstić information content (AvgIpc) is 3.42. The zero-order valence-corrected chi connectivity index (χ0v) is 31.9. The Labute approximate surface area is 288 Å². The first-order valence-corrected chi connectivity index (χ1v) is 20.0. The zero-order chi connectivity index (χ0) is 33.1. The summed E-state index contributed by atoms with van der Waals surface area (Å²) in [6, 6.07) is 0. The van der Waals surface area contributed by atoms with E-state index >= 15 is 0 Å². The Morgan fingerprint density at radius 3 is 2.27 bits per heavy atom. The van der Waals surface area contributed by atoms with E-state index in [-0.39, 0.29) is 33.0 Å². The first-order valence-electron chi connectivity index (χ1n) is 17.8. The number of fused-ring (bicyclic) bond motifs is 7. The number of allylic oxidation sites excluding steroid dienone is 1. The van der Waals surface area contributed by atoms with Crippen molar-refractivity contribution in [3.8, 4) is 11.8 Å². The molecule has 5 nitrogen and oxygen atoms in total. The maximum atomic E-state index is 13.5. The molecule has 10 atom stereocenters. The summed E-state index contributed by atoms with van der Waals surface area (Å²) >= 11 is 2.15.